The highest BCUT2D eigenvalue weighted by molar-refractivity contribution is 5.88. The van der Waals surface area contributed by atoms with Gasteiger partial charge in [-0.15, -0.1) is 0 Å². The summed E-state index contributed by atoms with van der Waals surface area (Å²) in [5.74, 6) is -2.53. The summed E-state index contributed by atoms with van der Waals surface area (Å²) in [6.45, 7) is 0.810. The van der Waals surface area contributed by atoms with Crippen molar-refractivity contribution >= 4 is 23.9 Å². The molecule has 3 atom stereocenters. The summed E-state index contributed by atoms with van der Waals surface area (Å²) in [7, 11) is 0. The van der Waals surface area contributed by atoms with Crippen LogP contribution >= 0.6 is 0 Å². The summed E-state index contributed by atoms with van der Waals surface area (Å²) in [4.78, 5) is 50.4. The molecule has 0 spiro atoms. The monoisotopic (exact) mass is 539 g/mol. The first-order valence-corrected chi connectivity index (χ1v) is 13.4. The molecule has 2 amide bonds. The Morgan fingerprint density at radius 2 is 1.56 bits per heavy atom. The zero-order chi connectivity index (χ0) is 28.0. The minimum absolute atomic E-state index is 0.160. The fourth-order valence-corrected chi connectivity index (χ4v) is 4.68. The molecule has 1 aliphatic rings. The molecule has 0 saturated carbocycles. The number of benzene rings is 2. The van der Waals surface area contributed by atoms with E-state index in [1.54, 1.807) is 0 Å². The molecule has 1 aliphatic heterocycles. The maximum Gasteiger partial charge on any atom is 0.407 e. The topological polar surface area (TPSA) is 145 Å². The van der Waals surface area contributed by atoms with E-state index in [0.29, 0.717) is 51.6 Å². The van der Waals surface area contributed by atoms with Crippen LogP contribution in [0.2, 0.25) is 0 Å². The normalized spacial score (nSPS) is 16.3. The molecule has 1 fully saturated rings. The Morgan fingerprint density at radius 1 is 0.897 bits per heavy atom. The second-order valence-electron chi connectivity index (χ2n) is 9.65. The predicted molar refractivity (Wildman–Crippen MR) is 144 cm³/mol. The predicted octanol–water partition coefficient (Wildman–Crippen LogP) is 3.20. The van der Waals surface area contributed by atoms with Gasteiger partial charge in [0.2, 0.25) is 5.91 Å². The van der Waals surface area contributed by atoms with E-state index < -0.39 is 42.1 Å². The molecule has 0 aliphatic carbocycles. The van der Waals surface area contributed by atoms with Gasteiger partial charge in [0.25, 0.3) is 0 Å². The van der Waals surface area contributed by atoms with Gasteiger partial charge < -0.3 is 25.2 Å². The number of carbonyl (C=O) groups excluding carboxylic acids is 2. The van der Waals surface area contributed by atoms with E-state index in [-0.39, 0.29) is 13.0 Å². The Bertz CT molecular complexity index is 1080. The number of hydrogen-bond acceptors (Lipinski definition) is 6. The van der Waals surface area contributed by atoms with Gasteiger partial charge in [-0.05, 0) is 56.1 Å². The van der Waals surface area contributed by atoms with Crippen molar-refractivity contribution in [3.63, 3.8) is 0 Å². The van der Waals surface area contributed by atoms with Gasteiger partial charge in [0.15, 0.2) is 0 Å². The minimum atomic E-state index is -1.07. The van der Waals surface area contributed by atoms with E-state index in [0.717, 1.165) is 11.1 Å². The van der Waals surface area contributed by atoms with E-state index in [1.165, 1.54) is 4.90 Å². The van der Waals surface area contributed by atoms with Gasteiger partial charge in [-0.3, -0.25) is 14.9 Å². The Hall–Kier alpha value is -3.92. The molecule has 10 nitrogen and oxygen atoms in total. The number of nitrogens with zero attached hydrogens (tertiary/aromatic N) is 1. The second kappa shape index (κ2) is 15.5. The molecule has 10 heteroatoms. The van der Waals surface area contributed by atoms with E-state index >= 15 is 0 Å². The van der Waals surface area contributed by atoms with Crippen LogP contribution in [0.15, 0.2) is 60.7 Å². The lowest BCUT2D eigenvalue weighted by Crippen LogP contribution is -2.54. The smallest absolute Gasteiger partial charge is 0.407 e. The number of hydrogen-bond donors (Lipinski definition) is 4. The van der Waals surface area contributed by atoms with Crippen molar-refractivity contribution < 1.29 is 34.1 Å². The number of aliphatic carboxylic acids is 2. The molecule has 1 saturated heterocycles. The zero-order valence-electron chi connectivity index (χ0n) is 22.0. The van der Waals surface area contributed by atoms with E-state index in [1.807, 2.05) is 60.7 Å². The summed E-state index contributed by atoms with van der Waals surface area (Å²) >= 11 is 0. The molecule has 39 heavy (non-hydrogen) atoms. The van der Waals surface area contributed by atoms with Crippen LogP contribution in [0.25, 0.3) is 0 Å². The van der Waals surface area contributed by atoms with Crippen molar-refractivity contribution in [2.45, 2.75) is 69.7 Å². The van der Waals surface area contributed by atoms with E-state index in [9.17, 15) is 29.4 Å². The lowest BCUT2D eigenvalue weighted by atomic mass is 10.0. The summed E-state index contributed by atoms with van der Waals surface area (Å²) in [6, 6.07) is 16.1. The minimum Gasteiger partial charge on any atom is -0.480 e. The summed E-state index contributed by atoms with van der Waals surface area (Å²) in [5.41, 5.74) is 1.87. The van der Waals surface area contributed by atoms with Crippen LogP contribution in [0, 0.1) is 0 Å². The van der Waals surface area contributed by atoms with Crippen LogP contribution in [0.3, 0.4) is 0 Å². The number of carbonyl (C=O) groups is 4. The van der Waals surface area contributed by atoms with Crippen molar-refractivity contribution in [1.29, 1.82) is 0 Å². The van der Waals surface area contributed by atoms with Crippen molar-refractivity contribution in [3.8, 4) is 0 Å². The fourth-order valence-electron chi connectivity index (χ4n) is 4.68. The molecule has 0 aromatic heterocycles. The van der Waals surface area contributed by atoms with E-state index in [2.05, 4.69) is 10.6 Å². The molecule has 0 radical (unpaired) electrons. The lowest BCUT2D eigenvalue weighted by molar-refractivity contribution is -0.149. The van der Waals surface area contributed by atoms with Crippen LogP contribution in [0.1, 0.15) is 49.7 Å². The average Bonchev–Trinajstić information content (AvgIpc) is 3.44. The van der Waals surface area contributed by atoms with Crippen molar-refractivity contribution in [2.24, 2.45) is 0 Å². The van der Waals surface area contributed by atoms with Gasteiger partial charge in [0.05, 0.1) is 6.04 Å². The number of unbranched alkanes of at least 4 members (excludes halogenated alkanes) is 1. The van der Waals surface area contributed by atoms with Gasteiger partial charge >= 0.3 is 18.0 Å². The SMILES string of the molecule is O=C(NCCCCC(NC(CCc1ccccc1)C(=O)O)C(=O)N1CCCC1C(=O)O)OCc1ccccc1. The molecule has 3 rings (SSSR count). The van der Waals surface area contributed by atoms with Gasteiger partial charge in [0, 0.05) is 13.1 Å². The van der Waals surface area contributed by atoms with Crippen LogP contribution < -0.4 is 10.6 Å². The first-order chi connectivity index (χ1) is 18.8. The van der Waals surface area contributed by atoms with Crippen LogP contribution in [-0.2, 0) is 32.1 Å². The summed E-state index contributed by atoms with van der Waals surface area (Å²) < 4.78 is 5.19. The van der Waals surface area contributed by atoms with Crippen molar-refractivity contribution in [2.75, 3.05) is 13.1 Å². The molecule has 4 N–H and O–H groups in total. The molecule has 0 bridgehead atoms. The van der Waals surface area contributed by atoms with Gasteiger partial charge in [-0.25, -0.2) is 9.59 Å². The fraction of sp³-hybridized carbons (Fsp3) is 0.448. The molecule has 2 aromatic rings. The van der Waals surface area contributed by atoms with Crippen LogP contribution in [0.5, 0.6) is 0 Å². The first kappa shape index (κ1) is 29.6. The molecular formula is C29H37N3O7. The molecule has 1 heterocycles. The van der Waals surface area contributed by atoms with Gasteiger partial charge in [-0.2, -0.15) is 0 Å². The van der Waals surface area contributed by atoms with Crippen LogP contribution in [-0.4, -0.2) is 70.3 Å². The lowest BCUT2D eigenvalue weighted by Gasteiger charge is -2.29. The molecule has 3 unspecified atom stereocenters. The number of alkyl carbamates (subject to hydrolysis) is 1. The number of nitrogens with one attached hydrogen (secondary N) is 2. The number of rotatable bonds is 15. The Balaban J connectivity index is 1.54. The number of ether oxygens (including phenoxy) is 1. The number of amides is 2. The quantitative estimate of drug-likeness (QED) is 0.253. The highest BCUT2D eigenvalue weighted by Crippen LogP contribution is 2.20. The highest BCUT2D eigenvalue weighted by Gasteiger charge is 2.38. The standard InChI is InChI=1S/C29H37N3O7/c33-26(32-19-9-15-25(32)28(36)37)23(31-24(27(34)35)17-16-21-10-3-1-4-11-21)14-7-8-18-30-29(38)39-20-22-12-5-2-6-13-22/h1-6,10-13,23-25,31H,7-9,14-20H2,(H,30,38)(H,34,35)(H,36,37). The molecular weight excluding hydrogens is 502 g/mol. The number of likely N-dealkylation sites (tertiary alicyclic amines) is 1. The number of aryl methyl sites for hydroxylation is 1. The van der Waals surface area contributed by atoms with E-state index in [4.69, 9.17) is 4.74 Å². The summed E-state index contributed by atoms with van der Waals surface area (Å²) in [5, 5.41) is 25.1. The van der Waals surface area contributed by atoms with Crippen molar-refractivity contribution in [3.05, 3.63) is 71.8 Å². The zero-order valence-corrected chi connectivity index (χ0v) is 22.0. The number of carboxylic acids is 2. The third-order valence-electron chi connectivity index (χ3n) is 6.79. The van der Waals surface area contributed by atoms with Crippen molar-refractivity contribution in [1.82, 2.24) is 15.5 Å². The maximum absolute atomic E-state index is 13.4. The maximum atomic E-state index is 13.4. The summed E-state index contributed by atoms with van der Waals surface area (Å²) in [6.07, 6.45) is 2.56. The highest BCUT2D eigenvalue weighted by atomic mass is 16.5. The third-order valence-corrected chi connectivity index (χ3v) is 6.79. The average molecular weight is 540 g/mol. The largest absolute Gasteiger partial charge is 0.480 e. The first-order valence-electron chi connectivity index (χ1n) is 13.4. The Labute approximate surface area is 228 Å². The molecule has 2 aromatic carbocycles. The number of carboxylic acid groups (broad SMARTS) is 2. The molecule has 210 valence electrons. The third kappa shape index (κ3) is 9.72. The van der Waals surface area contributed by atoms with Crippen LogP contribution in [0.4, 0.5) is 4.79 Å². The Kier molecular flexibility index (Phi) is 11.8. The Morgan fingerprint density at radius 3 is 2.21 bits per heavy atom. The van der Waals surface area contributed by atoms with Gasteiger partial charge in [0.1, 0.15) is 18.7 Å². The van der Waals surface area contributed by atoms with Gasteiger partial charge in [-0.1, -0.05) is 60.7 Å². The second-order valence-corrected chi connectivity index (χ2v) is 9.65.